The molecule has 3 fully saturated rings. The number of fused-ring (bicyclic) bond motifs is 2. The molecule has 19 heavy (non-hydrogen) atoms. The third-order valence-corrected chi connectivity index (χ3v) is 6.18. The maximum Gasteiger partial charge on any atom is 0.0733 e. The van der Waals surface area contributed by atoms with Gasteiger partial charge in [-0.25, -0.2) is 0 Å². The molecule has 1 N–H and O–H groups in total. The molecule has 2 saturated heterocycles. The van der Waals surface area contributed by atoms with E-state index in [1.54, 1.807) is 0 Å². The summed E-state index contributed by atoms with van der Waals surface area (Å²) in [6.07, 6.45) is 10.5. The van der Waals surface area contributed by atoms with Crippen LogP contribution in [0.25, 0.3) is 0 Å². The Hall–Kier alpha value is -0.380. The highest BCUT2D eigenvalue weighted by molar-refractivity contribution is 7.10. The van der Waals surface area contributed by atoms with Gasteiger partial charge in [0.05, 0.1) is 12.2 Å². The van der Waals surface area contributed by atoms with E-state index in [1.165, 1.54) is 49.8 Å². The van der Waals surface area contributed by atoms with Gasteiger partial charge in [-0.3, -0.25) is 0 Å². The molecule has 3 heterocycles. The fourth-order valence-corrected chi connectivity index (χ4v) is 5.13. The zero-order valence-electron chi connectivity index (χ0n) is 11.4. The normalized spacial score (nSPS) is 36.1. The summed E-state index contributed by atoms with van der Waals surface area (Å²) in [4.78, 5) is 1.54. The van der Waals surface area contributed by atoms with Crippen LogP contribution in [-0.2, 0) is 4.74 Å². The van der Waals surface area contributed by atoms with E-state index in [0.29, 0.717) is 24.3 Å². The van der Waals surface area contributed by atoms with Crippen molar-refractivity contribution in [1.29, 1.82) is 0 Å². The first kappa shape index (κ1) is 12.4. The number of hydrogen-bond donors (Lipinski definition) is 1. The fourth-order valence-electron chi connectivity index (χ4n) is 4.25. The molecule has 2 aliphatic heterocycles. The molecule has 2 bridgehead atoms. The van der Waals surface area contributed by atoms with Gasteiger partial charge in [0.25, 0.3) is 0 Å². The summed E-state index contributed by atoms with van der Waals surface area (Å²) < 4.78 is 6.01. The van der Waals surface area contributed by atoms with Crippen LogP contribution < -0.4 is 5.32 Å². The largest absolute Gasteiger partial charge is 0.373 e. The minimum atomic E-state index is 0.494. The summed E-state index contributed by atoms with van der Waals surface area (Å²) in [5.41, 5.74) is 0. The highest BCUT2D eigenvalue weighted by Gasteiger charge is 2.42. The summed E-state index contributed by atoms with van der Waals surface area (Å²) in [5, 5.41) is 6.20. The molecule has 0 spiro atoms. The summed E-state index contributed by atoms with van der Waals surface area (Å²) in [6, 6.07) is 5.69. The van der Waals surface area contributed by atoms with Crippen LogP contribution in [0.2, 0.25) is 0 Å². The van der Waals surface area contributed by atoms with Crippen molar-refractivity contribution >= 4 is 11.3 Å². The van der Waals surface area contributed by atoms with Crippen LogP contribution in [0.3, 0.4) is 0 Å². The Bertz CT molecular complexity index is 412. The molecule has 1 saturated carbocycles. The summed E-state index contributed by atoms with van der Waals surface area (Å²) >= 11 is 1.92. The Labute approximate surface area is 119 Å². The summed E-state index contributed by atoms with van der Waals surface area (Å²) in [6.45, 7) is 0. The molecule has 4 unspecified atom stereocenters. The van der Waals surface area contributed by atoms with E-state index in [4.69, 9.17) is 4.74 Å². The number of nitrogens with one attached hydrogen (secondary N) is 1. The first-order valence-corrected chi connectivity index (χ1v) is 8.73. The number of thiophene rings is 1. The topological polar surface area (TPSA) is 21.3 Å². The van der Waals surface area contributed by atoms with Crippen molar-refractivity contribution in [2.45, 2.75) is 69.2 Å². The van der Waals surface area contributed by atoms with Crippen molar-refractivity contribution in [2.75, 3.05) is 0 Å². The minimum absolute atomic E-state index is 0.494. The second-order valence-corrected chi connectivity index (χ2v) is 7.40. The van der Waals surface area contributed by atoms with Gasteiger partial charge < -0.3 is 10.1 Å². The molecule has 0 amide bonds. The van der Waals surface area contributed by atoms with E-state index in [-0.39, 0.29) is 0 Å². The molecular weight excluding hydrogens is 254 g/mol. The van der Waals surface area contributed by atoms with Crippen molar-refractivity contribution in [3.05, 3.63) is 22.4 Å². The number of hydrogen-bond acceptors (Lipinski definition) is 3. The Balaban J connectivity index is 1.50. The van der Waals surface area contributed by atoms with E-state index in [9.17, 15) is 0 Å². The van der Waals surface area contributed by atoms with E-state index in [2.05, 4.69) is 22.8 Å². The van der Waals surface area contributed by atoms with Gasteiger partial charge in [0.15, 0.2) is 0 Å². The van der Waals surface area contributed by atoms with Crippen molar-refractivity contribution < 1.29 is 4.74 Å². The molecule has 4 atom stereocenters. The van der Waals surface area contributed by atoms with E-state index < -0.39 is 0 Å². The Morgan fingerprint density at radius 2 is 2.11 bits per heavy atom. The highest BCUT2D eigenvalue weighted by Crippen LogP contribution is 2.41. The molecule has 0 aromatic carbocycles. The molecule has 104 valence electrons. The van der Waals surface area contributed by atoms with E-state index in [1.807, 2.05) is 11.3 Å². The van der Waals surface area contributed by atoms with Gasteiger partial charge in [-0.15, -0.1) is 11.3 Å². The third kappa shape index (κ3) is 2.37. The maximum absolute atomic E-state index is 6.01. The van der Waals surface area contributed by atoms with Crippen molar-refractivity contribution in [2.24, 2.45) is 5.92 Å². The quantitative estimate of drug-likeness (QED) is 0.901. The fraction of sp³-hybridized carbons (Fsp3) is 0.750. The Kier molecular flexibility index (Phi) is 3.38. The van der Waals surface area contributed by atoms with Crippen LogP contribution in [0.4, 0.5) is 0 Å². The van der Waals surface area contributed by atoms with Crippen molar-refractivity contribution in [1.82, 2.24) is 5.32 Å². The van der Waals surface area contributed by atoms with Gasteiger partial charge in [0, 0.05) is 17.0 Å². The first-order valence-electron chi connectivity index (χ1n) is 7.85. The van der Waals surface area contributed by atoms with Gasteiger partial charge in [-0.1, -0.05) is 18.9 Å². The Morgan fingerprint density at radius 3 is 2.74 bits per heavy atom. The Morgan fingerprint density at radius 1 is 1.21 bits per heavy atom. The lowest BCUT2D eigenvalue weighted by molar-refractivity contribution is 0.0947. The van der Waals surface area contributed by atoms with Gasteiger partial charge in [0.2, 0.25) is 0 Å². The molecule has 3 aliphatic rings. The van der Waals surface area contributed by atoms with Gasteiger partial charge in [-0.05, 0) is 49.5 Å². The predicted molar refractivity (Wildman–Crippen MR) is 78.5 cm³/mol. The first-order chi connectivity index (χ1) is 9.40. The van der Waals surface area contributed by atoms with Crippen LogP contribution in [0.5, 0.6) is 0 Å². The number of ether oxygens (including phenoxy) is 1. The average molecular weight is 277 g/mol. The van der Waals surface area contributed by atoms with E-state index >= 15 is 0 Å². The lowest BCUT2D eigenvalue weighted by atomic mass is 9.91. The standard InChI is InChI=1S/C16H23NOS/c1-2-5-11(4-1)16(15-6-3-9-19-15)17-13-10-12-7-8-14(13)18-12/h3,6,9,11-14,16-17H,1-2,4-5,7-8,10H2. The lowest BCUT2D eigenvalue weighted by Gasteiger charge is -2.30. The van der Waals surface area contributed by atoms with Crippen molar-refractivity contribution in [3.8, 4) is 0 Å². The van der Waals surface area contributed by atoms with Gasteiger partial charge in [0.1, 0.15) is 0 Å². The molecule has 1 aromatic heterocycles. The molecule has 4 rings (SSSR count). The van der Waals surface area contributed by atoms with Crippen LogP contribution in [0, 0.1) is 5.92 Å². The summed E-state index contributed by atoms with van der Waals surface area (Å²) in [5.74, 6) is 0.845. The van der Waals surface area contributed by atoms with Gasteiger partial charge in [-0.2, -0.15) is 0 Å². The molecule has 1 aliphatic carbocycles. The van der Waals surface area contributed by atoms with Crippen LogP contribution in [0.15, 0.2) is 17.5 Å². The van der Waals surface area contributed by atoms with Crippen LogP contribution in [0.1, 0.15) is 55.9 Å². The molecule has 0 radical (unpaired) electrons. The van der Waals surface area contributed by atoms with Crippen LogP contribution >= 0.6 is 11.3 Å². The van der Waals surface area contributed by atoms with Gasteiger partial charge >= 0.3 is 0 Å². The monoisotopic (exact) mass is 277 g/mol. The SMILES string of the molecule is c1csc(C(NC2CC3CCC2O3)C2CCCC2)c1. The lowest BCUT2D eigenvalue weighted by Crippen LogP contribution is -2.41. The highest BCUT2D eigenvalue weighted by atomic mass is 32.1. The van der Waals surface area contributed by atoms with Crippen molar-refractivity contribution in [3.63, 3.8) is 0 Å². The molecular formula is C16H23NOS. The maximum atomic E-state index is 6.01. The second-order valence-electron chi connectivity index (χ2n) is 6.42. The zero-order valence-corrected chi connectivity index (χ0v) is 12.2. The minimum Gasteiger partial charge on any atom is -0.373 e. The molecule has 2 nitrogen and oxygen atoms in total. The predicted octanol–water partition coefficient (Wildman–Crippen LogP) is 3.89. The summed E-state index contributed by atoms with van der Waals surface area (Å²) in [7, 11) is 0. The second kappa shape index (κ2) is 5.19. The smallest absolute Gasteiger partial charge is 0.0733 e. The third-order valence-electron chi connectivity index (χ3n) is 5.22. The molecule has 3 heteroatoms. The zero-order chi connectivity index (χ0) is 12.7. The average Bonchev–Trinajstić information content (AvgIpc) is 3.18. The number of rotatable bonds is 4. The van der Waals surface area contributed by atoms with Crippen LogP contribution in [-0.4, -0.2) is 18.2 Å². The molecule has 1 aromatic rings. The van der Waals surface area contributed by atoms with E-state index in [0.717, 1.165) is 5.92 Å².